The van der Waals surface area contributed by atoms with E-state index in [4.69, 9.17) is 4.74 Å². The van der Waals surface area contributed by atoms with Crippen LogP contribution in [0.15, 0.2) is 28.7 Å². The number of hydrogen-bond acceptors (Lipinski definition) is 2. The van der Waals surface area contributed by atoms with Gasteiger partial charge in [0.2, 0.25) is 0 Å². The number of hydrogen-bond donors (Lipinski definition) is 1. The molecule has 2 rings (SSSR count). The van der Waals surface area contributed by atoms with E-state index in [1.807, 2.05) is 5.10 Å². The van der Waals surface area contributed by atoms with Gasteiger partial charge in [-0.05, 0) is 24.3 Å². The van der Waals surface area contributed by atoms with Crippen LogP contribution in [0.2, 0.25) is 0 Å². The quantitative estimate of drug-likeness (QED) is 0.912. The van der Waals surface area contributed by atoms with Crippen LogP contribution >= 0.6 is 15.9 Å². The summed E-state index contributed by atoms with van der Waals surface area (Å²) in [6.45, 7) is 0. The van der Waals surface area contributed by atoms with Crippen molar-refractivity contribution < 1.29 is 17.9 Å². The molecule has 0 saturated carbocycles. The van der Waals surface area contributed by atoms with Gasteiger partial charge in [-0.25, -0.2) is 0 Å². The maximum absolute atomic E-state index is 12.5. The Balaban J connectivity index is 2.49. The summed E-state index contributed by atoms with van der Waals surface area (Å²) in [4.78, 5) is 0. The van der Waals surface area contributed by atoms with Crippen molar-refractivity contribution in [3.05, 3.63) is 34.4 Å². The highest BCUT2D eigenvalue weighted by molar-refractivity contribution is 9.10. The highest BCUT2D eigenvalue weighted by atomic mass is 79.9. The van der Waals surface area contributed by atoms with E-state index in [1.54, 1.807) is 18.2 Å². The molecule has 2 aromatic rings. The van der Waals surface area contributed by atoms with Crippen LogP contribution in [-0.2, 0) is 6.18 Å². The van der Waals surface area contributed by atoms with Crippen molar-refractivity contribution in [3.8, 4) is 17.0 Å². The summed E-state index contributed by atoms with van der Waals surface area (Å²) in [6, 6.07) is 5.99. The van der Waals surface area contributed by atoms with Gasteiger partial charge in [0.05, 0.1) is 12.8 Å². The van der Waals surface area contributed by atoms with Crippen molar-refractivity contribution in [3.63, 3.8) is 0 Å². The lowest BCUT2D eigenvalue weighted by molar-refractivity contribution is -0.141. The van der Waals surface area contributed by atoms with Gasteiger partial charge in [0, 0.05) is 10.0 Å². The monoisotopic (exact) mass is 320 g/mol. The molecule has 1 heterocycles. The van der Waals surface area contributed by atoms with Crippen LogP contribution in [0.25, 0.3) is 11.3 Å². The fraction of sp³-hybridized carbons (Fsp3) is 0.182. The number of nitrogens with one attached hydrogen (secondary N) is 1. The second kappa shape index (κ2) is 4.64. The number of H-pyrrole nitrogens is 1. The van der Waals surface area contributed by atoms with E-state index in [9.17, 15) is 13.2 Å². The van der Waals surface area contributed by atoms with Crippen LogP contribution in [0.5, 0.6) is 5.75 Å². The van der Waals surface area contributed by atoms with Gasteiger partial charge in [0.25, 0.3) is 0 Å². The Hall–Kier alpha value is -1.50. The maximum Gasteiger partial charge on any atom is 0.432 e. The summed E-state index contributed by atoms with van der Waals surface area (Å²) in [5.41, 5.74) is -0.223. The Morgan fingerprint density at radius 2 is 2.00 bits per heavy atom. The summed E-state index contributed by atoms with van der Waals surface area (Å²) >= 11 is 3.25. The minimum absolute atomic E-state index is 0.181. The standard InChI is InChI=1S/C11H8BrF3N2O/c1-18-9-3-2-6(12)4-7(9)8-5-10(17-16-8)11(13,14)15/h2-5H,1H3,(H,16,17). The number of rotatable bonds is 2. The van der Waals surface area contributed by atoms with Crippen LogP contribution in [0.4, 0.5) is 13.2 Å². The van der Waals surface area contributed by atoms with E-state index in [0.717, 1.165) is 10.5 Å². The number of ether oxygens (including phenoxy) is 1. The number of benzene rings is 1. The molecule has 0 unspecified atom stereocenters. The van der Waals surface area contributed by atoms with Crippen LogP contribution < -0.4 is 4.74 Å². The van der Waals surface area contributed by atoms with Gasteiger partial charge in [-0.3, -0.25) is 5.10 Å². The Kier molecular flexibility index (Phi) is 3.34. The van der Waals surface area contributed by atoms with Crippen LogP contribution in [0.1, 0.15) is 5.69 Å². The zero-order valence-corrected chi connectivity index (χ0v) is 10.8. The molecule has 3 nitrogen and oxygen atoms in total. The summed E-state index contributed by atoms with van der Waals surface area (Å²) < 4.78 is 43.2. The average Bonchev–Trinajstić information content (AvgIpc) is 2.77. The van der Waals surface area contributed by atoms with Crippen molar-refractivity contribution in [2.24, 2.45) is 0 Å². The van der Waals surface area contributed by atoms with Crippen LogP contribution in [-0.4, -0.2) is 17.3 Å². The third-order valence-corrected chi connectivity index (χ3v) is 2.81. The molecule has 0 amide bonds. The largest absolute Gasteiger partial charge is 0.496 e. The molecule has 96 valence electrons. The van der Waals surface area contributed by atoms with Crippen molar-refractivity contribution in [2.45, 2.75) is 6.18 Å². The van der Waals surface area contributed by atoms with Crippen LogP contribution in [0.3, 0.4) is 0 Å². The number of alkyl halides is 3. The minimum atomic E-state index is -4.44. The van der Waals surface area contributed by atoms with Crippen LogP contribution in [0, 0.1) is 0 Å². The lowest BCUT2D eigenvalue weighted by atomic mass is 10.1. The van der Waals surface area contributed by atoms with E-state index in [0.29, 0.717) is 11.3 Å². The number of halogens is 4. The second-order valence-corrected chi connectivity index (χ2v) is 4.42. The third-order valence-electron chi connectivity index (χ3n) is 2.32. The molecule has 0 aliphatic rings. The second-order valence-electron chi connectivity index (χ2n) is 3.51. The molecule has 1 N–H and O–H groups in total. The number of aromatic amines is 1. The number of nitrogens with zero attached hydrogens (tertiary/aromatic N) is 1. The summed E-state index contributed by atoms with van der Waals surface area (Å²) in [5.74, 6) is 0.457. The van der Waals surface area contributed by atoms with Crippen molar-refractivity contribution >= 4 is 15.9 Å². The average molecular weight is 321 g/mol. The first-order valence-corrected chi connectivity index (χ1v) is 5.67. The van der Waals surface area contributed by atoms with E-state index in [1.165, 1.54) is 7.11 Å². The molecule has 0 bridgehead atoms. The van der Waals surface area contributed by atoms with E-state index in [2.05, 4.69) is 21.0 Å². The Labute approximate surface area is 109 Å². The Bertz CT molecular complexity index is 566. The first kappa shape index (κ1) is 12.9. The molecule has 1 aromatic carbocycles. The molecular formula is C11H8BrF3N2O. The molecule has 0 radical (unpaired) electrons. The summed E-state index contributed by atoms with van der Waals surface area (Å²) in [6.07, 6.45) is -4.44. The van der Waals surface area contributed by atoms with Gasteiger partial charge in [0.1, 0.15) is 11.4 Å². The van der Waals surface area contributed by atoms with Gasteiger partial charge < -0.3 is 4.74 Å². The molecule has 0 spiro atoms. The van der Waals surface area contributed by atoms with Gasteiger partial charge in [-0.1, -0.05) is 15.9 Å². The zero-order valence-electron chi connectivity index (χ0n) is 9.18. The molecular weight excluding hydrogens is 313 g/mol. The third kappa shape index (κ3) is 2.50. The molecule has 0 aliphatic heterocycles. The minimum Gasteiger partial charge on any atom is -0.496 e. The highest BCUT2D eigenvalue weighted by Crippen LogP contribution is 2.35. The SMILES string of the molecule is COc1ccc(Br)cc1-c1cc(C(F)(F)F)[nH]n1. The first-order chi connectivity index (χ1) is 8.41. The number of aromatic nitrogens is 2. The predicted molar refractivity (Wildman–Crippen MR) is 63.3 cm³/mol. The molecule has 0 aliphatic carbocycles. The smallest absolute Gasteiger partial charge is 0.432 e. The summed E-state index contributed by atoms with van der Waals surface area (Å²) in [7, 11) is 1.45. The van der Waals surface area contributed by atoms with Gasteiger partial charge in [-0.2, -0.15) is 18.3 Å². The lowest BCUT2D eigenvalue weighted by Gasteiger charge is -2.06. The molecule has 18 heavy (non-hydrogen) atoms. The maximum atomic E-state index is 12.5. The van der Waals surface area contributed by atoms with E-state index >= 15 is 0 Å². The molecule has 0 atom stereocenters. The van der Waals surface area contributed by atoms with Gasteiger partial charge in [-0.15, -0.1) is 0 Å². The molecule has 0 fully saturated rings. The van der Waals surface area contributed by atoms with E-state index in [-0.39, 0.29) is 5.69 Å². The Morgan fingerprint density at radius 3 is 2.56 bits per heavy atom. The highest BCUT2D eigenvalue weighted by Gasteiger charge is 2.33. The lowest BCUT2D eigenvalue weighted by Crippen LogP contribution is -2.04. The molecule has 1 aromatic heterocycles. The van der Waals surface area contributed by atoms with E-state index < -0.39 is 11.9 Å². The molecule has 7 heteroatoms. The Morgan fingerprint density at radius 1 is 1.28 bits per heavy atom. The van der Waals surface area contributed by atoms with Crippen molar-refractivity contribution in [1.29, 1.82) is 0 Å². The number of methoxy groups -OCH3 is 1. The predicted octanol–water partition coefficient (Wildman–Crippen LogP) is 3.87. The normalized spacial score (nSPS) is 11.6. The fourth-order valence-electron chi connectivity index (χ4n) is 1.49. The van der Waals surface area contributed by atoms with Gasteiger partial charge >= 0.3 is 6.18 Å². The first-order valence-electron chi connectivity index (χ1n) is 4.88. The fourth-order valence-corrected chi connectivity index (χ4v) is 1.85. The van der Waals surface area contributed by atoms with Crippen molar-refractivity contribution in [1.82, 2.24) is 10.2 Å². The van der Waals surface area contributed by atoms with Crippen molar-refractivity contribution in [2.75, 3.05) is 7.11 Å². The topological polar surface area (TPSA) is 37.9 Å². The summed E-state index contributed by atoms with van der Waals surface area (Å²) in [5, 5.41) is 5.63. The zero-order chi connectivity index (χ0) is 13.3. The van der Waals surface area contributed by atoms with Gasteiger partial charge in [0.15, 0.2) is 0 Å². The molecule has 0 saturated heterocycles.